The monoisotopic (exact) mass is 493 g/mol. The number of halogens is 1. The first kappa shape index (κ1) is 23.3. The summed E-state index contributed by atoms with van der Waals surface area (Å²) in [6.07, 6.45) is 5.46. The molecular weight excluding hydrogens is 466 g/mol. The van der Waals surface area contributed by atoms with Gasteiger partial charge in [0.1, 0.15) is 11.6 Å². The second-order valence-electron chi connectivity index (χ2n) is 9.27. The molecule has 3 N–H and O–H groups in total. The molecule has 2 aliphatic heterocycles. The summed E-state index contributed by atoms with van der Waals surface area (Å²) in [5.74, 6) is 0.745. The Kier molecular flexibility index (Phi) is 6.44. The average molecular weight is 494 g/mol. The number of likely N-dealkylation sites (tertiary alicyclic amines) is 1. The van der Waals surface area contributed by atoms with Gasteiger partial charge in [0.15, 0.2) is 5.65 Å². The molecule has 2 aromatic heterocycles. The Labute approximate surface area is 208 Å². The van der Waals surface area contributed by atoms with Crippen LogP contribution in [0.2, 0.25) is 5.02 Å². The van der Waals surface area contributed by atoms with Gasteiger partial charge < -0.3 is 15.5 Å². The molecule has 1 aromatic carbocycles. The Morgan fingerprint density at radius 3 is 2.69 bits per heavy atom. The Morgan fingerprint density at radius 1 is 1.20 bits per heavy atom. The lowest BCUT2D eigenvalue weighted by Crippen LogP contribution is -2.42. The van der Waals surface area contributed by atoms with Crippen molar-refractivity contribution in [3.05, 3.63) is 52.7 Å². The molecule has 2 fully saturated rings. The van der Waals surface area contributed by atoms with E-state index >= 15 is 0 Å². The van der Waals surface area contributed by atoms with Gasteiger partial charge in [0, 0.05) is 53.1 Å². The zero-order chi connectivity index (χ0) is 24.5. The van der Waals surface area contributed by atoms with E-state index < -0.39 is 0 Å². The summed E-state index contributed by atoms with van der Waals surface area (Å²) in [7, 11) is 0. The number of nitrogens with zero attached hydrogens (tertiary/aromatic N) is 4. The van der Waals surface area contributed by atoms with Gasteiger partial charge in [-0.25, -0.2) is 4.98 Å². The second kappa shape index (κ2) is 9.67. The second-order valence-corrected chi connectivity index (χ2v) is 9.71. The molecule has 0 spiro atoms. The highest BCUT2D eigenvalue weighted by atomic mass is 35.5. The zero-order valence-corrected chi connectivity index (χ0v) is 20.5. The van der Waals surface area contributed by atoms with Gasteiger partial charge in [-0.2, -0.15) is 9.61 Å². The minimum absolute atomic E-state index is 0.0517. The fourth-order valence-electron chi connectivity index (χ4n) is 4.54. The molecular formula is C25H28ClN7O2. The van der Waals surface area contributed by atoms with Gasteiger partial charge in [-0.05, 0) is 51.0 Å². The number of rotatable bonds is 6. The van der Waals surface area contributed by atoms with Crippen molar-refractivity contribution in [2.45, 2.75) is 45.2 Å². The van der Waals surface area contributed by atoms with Crippen LogP contribution in [0.5, 0.6) is 0 Å². The number of hydrogen-bond acceptors (Lipinski definition) is 7. The maximum absolute atomic E-state index is 12.1. The van der Waals surface area contributed by atoms with Crippen molar-refractivity contribution < 1.29 is 9.59 Å². The molecule has 0 bridgehead atoms. The van der Waals surface area contributed by atoms with Crippen LogP contribution in [0.15, 0.2) is 42.1 Å². The first-order chi connectivity index (χ1) is 16.9. The summed E-state index contributed by atoms with van der Waals surface area (Å²) < 4.78 is 1.75. The van der Waals surface area contributed by atoms with Crippen LogP contribution in [0.4, 0.5) is 17.3 Å². The highest BCUT2D eigenvalue weighted by molar-refractivity contribution is 6.30. The molecule has 0 atom stereocenters. The van der Waals surface area contributed by atoms with Crippen LogP contribution in [0.3, 0.4) is 0 Å². The lowest BCUT2D eigenvalue weighted by atomic mass is 10.0. The number of carbonyl (C=O) groups is 2. The van der Waals surface area contributed by atoms with Crippen molar-refractivity contribution in [3.8, 4) is 0 Å². The lowest BCUT2D eigenvalue weighted by Gasteiger charge is -2.35. The molecule has 0 aliphatic carbocycles. The van der Waals surface area contributed by atoms with Gasteiger partial charge in [-0.15, -0.1) is 0 Å². The predicted molar refractivity (Wildman–Crippen MR) is 137 cm³/mol. The summed E-state index contributed by atoms with van der Waals surface area (Å²) in [6.45, 7) is 6.53. The molecule has 2 amide bonds. The first-order valence-electron chi connectivity index (χ1n) is 11.8. The van der Waals surface area contributed by atoms with Crippen molar-refractivity contribution in [1.82, 2.24) is 24.8 Å². The van der Waals surface area contributed by atoms with Crippen molar-refractivity contribution in [1.29, 1.82) is 0 Å². The molecule has 10 heteroatoms. The van der Waals surface area contributed by atoms with Crippen LogP contribution in [0.1, 0.15) is 38.7 Å². The summed E-state index contributed by atoms with van der Waals surface area (Å²) in [5, 5.41) is 14.5. The molecule has 9 nitrogen and oxygen atoms in total. The van der Waals surface area contributed by atoms with Crippen LogP contribution in [-0.4, -0.2) is 56.5 Å². The molecule has 2 aliphatic rings. The van der Waals surface area contributed by atoms with Crippen LogP contribution < -0.4 is 16.0 Å². The van der Waals surface area contributed by atoms with Gasteiger partial charge in [-0.3, -0.25) is 14.9 Å². The molecule has 0 saturated carbocycles. The number of anilines is 3. The Balaban J connectivity index is 1.49. The van der Waals surface area contributed by atoms with E-state index in [0.29, 0.717) is 39.7 Å². The lowest BCUT2D eigenvalue weighted by molar-refractivity contribution is -0.124. The van der Waals surface area contributed by atoms with Crippen molar-refractivity contribution in [3.63, 3.8) is 0 Å². The van der Waals surface area contributed by atoms with Gasteiger partial charge in [0.25, 0.3) is 5.91 Å². The van der Waals surface area contributed by atoms with Gasteiger partial charge in [0.05, 0.1) is 12.6 Å². The standard InChI is InChI=1S/C25H28ClN7O2/c1-15(2)32-8-6-19(7-9-32)29-22-13-21(28-20-5-3-4-18(26)12-20)30-24-17(14-27-33(22)24)10-16-11-23(34)31-25(16)35/h3-5,10,12-15,19,29H,6-9,11H2,1-2H3,(H,28,30)(H,31,34,35)/b16-10+. The number of nitrogens with one attached hydrogen (secondary N) is 3. The number of piperidine rings is 1. The third-order valence-corrected chi connectivity index (χ3v) is 6.67. The van der Waals surface area contributed by atoms with Crippen molar-refractivity contribution in [2.24, 2.45) is 0 Å². The molecule has 35 heavy (non-hydrogen) atoms. The highest BCUT2D eigenvalue weighted by Crippen LogP contribution is 2.27. The molecule has 182 valence electrons. The number of aromatic nitrogens is 3. The third kappa shape index (κ3) is 5.16. The van der Waals surface area contributed by atoms with E-state index in [2.05, 4.69) is 39.8 Å². The quantitative estimate of drug-likeness (QED) is 0.354. The maximum atomic E-state index is 12.1. The normalized spacial score (nSPS) is 18.6. The van der Waals surface area contributed by atoms with E-state index in [0.717, 1.165) is 37.4 Å². The smallest absolute Gasteiger partial charge is 0.254 e. The van der Waals surface area contributed by atoms with Crippen molar-refractivity contribution >= 4 is 52.5 Å². The Morgan fingerprint density at radius 2 is 2.00 bits per heavy atom. The average Bonchev–Trinajstić information content (AvgIpc) is 3.36. The summed E-state index contributed by atoms with van der Waals surface area (Å²) in [5.41, 5.74) is 2.46. The number of carbonyl (C=O) groups excluding carboxylic acids is 2. The summed E-state index contributed by atoms with van der Waals surface area (Å²) in [6, 6.07) is 10.2. The number of fused-ring (bicyclic) bond motifs is 1. The molecule has 2 saturated heterocycles. The van der Waals surface area contributed by atoms with E-state index in [1.54, 1.807) is 16.8 Å². The first-order valence-corrected chi connectivity index (χ1v) is 12.2. The molecule has 0 radical (unpaired) electrons. The van der Waals surface area contributed by atoms with Crippen LogP contribution in [-0.2, 0) is 9.59 Å². The van der Waals surface area contributed by atoms with Gasteiger partial charge in [-0.1, -0.05) is 17.7 Å². The molecule has 0 unspecified atom stereocenters. The van der Waals surface area contributed by atoms with Gasteiger partial charge >= 0.3 is 0 Å². The summed E-state index contributed by atoms with van der Waals surface area (Å²) in [4.78, 5) is 31.0. The fraction of sp³-hybridized carbons (Fsp3) is 0.360. The van der Waals surface area contributed by atoms with Gasteiger partial charge in [0.2, 0.25) is 5.91 Å². The van der Waals surface area contributed by atoms with Crippen molar-refractivity contribution in [2.75, 3.05) is 23.7 Å². The number of benzene rings is 1. The summed E-state index contributed by atoms with van der Waals surface area (Å²) >= 11 is 6.16. The minimum atomic E-state index is -0.377. The predicted octanol–water partition coefficient (Wildman–Crippen LogP) is 3.84. The van der Waals surface area contributed by atoms with E-state index in [4.69, 9.17) is 16.6 Å². The van der Waals surface area contributed by atoms with E-state index in [1.165, 1.54) is 0 Å². The number of amides is 2. The zero-order valence-electron chi connectivity index (χ0n) is 19.7. The largest absolute Gasteiger partial charge is 0.367 e. The Hall–Kier alpha value is -3.43. The van der Waals surface area contributed by atoms with E-state index in [9.17, 15) is 9.59 Å². The highest BCUT2D eigenvalue weighted by Gasteiger charge is 2.25. The Bertz CT molecular complexity index is 1310. The molecule has 4 heterocycles. The fourth-order valence-corrected chi connectivity index (χ4v) is 4.73. The SMILES string of the molecule is CC(C)N1CCC(Nc2cc(Nc3cccc(Cl)c3)nc3c(/C=C4\CC(=O)NC4=O)cnn23)CC1. The van der Waals surface area contributed by atoms with Crippen LogP contribution in [0, 0.1) is 0 Å². The number of imide groups is 1. The molecule has 5 rings (SSSR count). The van der Waals surface area contributed by atoms with E-state index in [1.807, 2.05) is 30.3 Å². The van der Waals surface area contributed by atoms with E-state index in [-0.39, 0.29) is 18.2 Å². The topological polar surface area (TPSA) is 104 Å². The van der Waals surface area contributed by atoms with Crippen LogP contribution >= 0.6 is 11.6 Å². The van der Waals surface area contributed by atoms with Crippen LogP contribution in [0.25, 0.3) is 11.7 Å². The maximum Gasteiger partial charge on any atom is 0.254 e. The molecule has 3 aromatic rings. The number of hydrogen-bond donors (Lipinski definition) is 3. The third-order valence-electron chi connectivity index (χ3n) is 6.43. The minimum Gasteiger partial charge on any atom is -0.367 e.